The van der Waals surface area contributed by atoms with Gasteiger partial charge in [0.1, 0.15) is 5.15 Å². The van der Waals surface area contributed by atoms with Crippen LogP contribution in [-0.2, 0) is 6.42 Å². The van der Waals surface area contributed by atoms with Gasteiger partial charge in [-0.15, -0.1) is 24.0 Å². The second kappa shape index (κ2) is 10.3. The van der Waals surface area contributed by atoms with Gasteiger partial charge in [0, 0.05) is 25.8 Å². The molecule has 0 amide bonds. The van der Waals surface area contributed by atoms with Crippen molar-refractivity contribution in [3.05, 3.63) is 29.0 Å². The molecule has 1 aliphatic carbocycles. The summed E-state index contributed by atoms with van der Waals surface area (Å²) in [5.74, 6) is 0.921. The quantitative estimate of drug-likeness (QED) is 0.285. The zero-order valence-electron chi connectivity index (χ0n) is 14.1. The summed E-state index contributed by atoms with van der Waals surface area (Å²) in [7, 11) is 0. The molecule has 4 nitrogen and oxygen atoms in total. The van der Waals surface area contributed by atoms with Crippen LogP contribution in [0, 0.1) is 5.41 Å². The van der Waals surface area contributed by atoms with Gasteiger partial charge in [0.2, 0.25) is 0 Å². The molecule has 1 aromatic rings. The molecule has 0 saturated heterocycles. The fraction of sp³-hybridized carbons (Fsp3) is 0.647. The van der Waals surface area contributed by atoms with E-state index in [0.717, 1.165) is 32.0 Å². The van der Waals surface area contributed by atoms with E-state index in [1.54, 1.807) is 0 Å². The molecule has 23 heavy (non-hydrogen) atoms. The molecule has 0 aromatic carbocycles. The molecular weight excluding hydrogens is 423 g/mol. The maximum atomic E-state index is 5.80. The van der Waals surface area contributed by atoms with Gasteiger partial charge in [-0.3, -0.25) is 4.99 Å². The van der Waals surface area contributed by atoms with Crippen molar-refractivity contribution in [3.63, 3.8) is 0 Å². The fourth-order valence-corrected chi connectivity index (χ4v) is 2.88. The molecule has 0 atom stereocenters. The lowest BCUT2D eigenvalue weighted by Gasteiger charge is -2.40. The summed E-state index contributed by atoms with van der Waals surface area (Å²) in [6.07, 6.45) is 7.97. The summed E-state index contributed by atoms with van der Waals surface area (Å²) in [5, 5.41) is 7.27. The van der Waals surface area contributed by atoms with Crippen molar-refractivity contribution in [2.45, 2.75) is 46.0 Å². The maximum absolute atomic E-state index is 5.80. The van der Waals surface area contributed by atoms with Crippen LogP contribution in [0.2, 0.25) is 5.15 Å². The number of rotatable bonds is 7. The largest absolute Gasteiger partial charge is 0.357 e. The molecular formula is C17H28ClIN4. The number of nitrogens with zero attached hydrogens (tertiary/aromatic N) is 2. The predicted octanol–water partition coefficient (Wildman–Crippen LogP) is 4.03. The van der Waals surface area contributed by atoms with Gasteiger partial charge in [-0.2, -0.15) is 0 Å². The van der Waals surface area contributed by atoms with E-state index in [9.17, 15) is 0 Å². The molecule has 0 unspecified atom stereocenters. The number of nitrogens with one attached hydrogen (secondary N) is 2. The molecule has 1 heterocycles. The number of guanidine groups is 1. The minimum atomic E-state index is 0. The monoisotopic (exact) mass is 450 g/mol. The molecule has 2 rings (SSSR count). The van der Waals surface area contributed by atoms with Gasteiger partial charge in [0.15, 0.2) is 5.96 Å². The number of aliphatic imine (C=N–C) groups is 1. The Hall–Kier alpha value is -0.560. The second-order valence-electron chi connectivity index (χ2n) is 6.07. The zero-order valence-corrected chi connectivity index (χ0v) is 17.2. The average Bonchev–Trinajstić information content (AvgIpc) is 2.48. The Kier molecular flexibility index (Phi) is 9.20. The van der Waals surface area contributed by atoms with E-state index in [-0.39, 0.29) is 24.0 Å². The van der Waals surface area contributed by atoms with Gasteiger partial charge in [-0.25, -0.2) is 4.98 Å². The molecule has 130 valence electrons. The zero-order chi connectivity index (χ0) is 15.8. The number of aromatic nitrogens is 1. The van der Waals surface area contributed by atoms with Gasteiger partial charge in [-0.1, -0.05) is 31.0 Å². The first-order valence-electron chi connectivity index (χ1n) is 8.30. The van der Waals surface area contributed by atoms with E-state index in [0.29, 0.717) is 10.6 Å². The van der Waals surface area contributed by atoms with Crippen LogP contribution in [-0.4, -0.2) is 30.6 Å². The first kappa shape index (κ1) is 20.5. The lowest BCUT2D eigenvalue weighted by Crippen LogP contribution is -2.40. The van der Waals surface area contributed by atoms with E-state index in [4.69, 9.17) is 16.6 Å². The molecule has 0 spiro atoms. The van der Waals surface area contributed by atoms with E-state index in [1.807, 2.05) is 18.3 Å². The molecule has 6 heteroatoms. The SMILES string of the molecule is CCNC(=NCC1(CC)CCC1)NCCc1ccc(Cl)nc1.I. The van der Waals surface area contributed by atoms with Crippen LogP contribution in [0.25, 0.3) is 0 Å². The lowest BCUT2D eigenvalue weighted by atomic mass is 9.67. The highest BCUT2D eigenvalue weighted by Gasteiger charge is 2.34. The number of pyridine rings is 1. The topological polar surface area (TPSA) is 49.3 Å². The molecule has 1 aromatic heterocycles. The fourth-order valence-electron chi connectivity index (χ4n) is 2.77. The van der Waals surface area contributed by atoms with Crippen LogP contribution in [0.4, 0.5) is 0 Å². The Labute approximate surface area is 161 Å². The third-order valence-electron chi connectivity index (χ3n) is 4.58. The average molecular weight is 451 g/mol. The van der Waals surface area contributed by atoms with E-state index >= 15 is 0 Å². The van der Waals surface area contributed by atoms with Crippen molar-refractivity contribution in [2.75, 3.05) is 19.6 Å². The summed E-state index contributed by atoms with van der Waals surface area (Å²) in [5.41, 5.74) is 1.64. The van der Waals surface area contributed by atoms with Crippen molar-refractivity contribution < 1.29 is 0 Å². The van der Waals surface area contributed by atoms with Gasteiger partial charge < -0.3 is 10.6 Å². The summed E-state index contributed by atoms with van der Waals surface area (Å²) in [6, 6.07) is 3.85. The van der Waals surface area contributed by atoms with Crippen molar-refractivity contribution >= 4 is 41.5 Å². The number of halogens is 2. The van der Waals surface area contributed by atoms with Crippen LogP contribution >= 0.6 is 35.6 Å². The molecule has 0 aliphatic heterocycles. The Morgan fingerprint density at radius 3 is 2.61 bits per heavy atom. The van der Waals surface area contributed by atoms with Crippen molar-refractivity contribution in [3.8, 4) is 0 Å². The van der Waals surface area contributed by atoms with Crippen LogP contribution in [0.3, 0.4) is 0 Å². The molecule has 2 N–H and O–H groups in total. The van der Waals surface area contributed by atoms with Gasteiger partial charge in [0.25, 0.3) is 0 Å². The highest BCUT2D eigenvalue weighted by molar-refractivity contribution is 14.0. The number of hydrogen-bond acceptors (Lipinski definition) is 2. The second-order valence-corrected chi connectivity index (χ2v) is 6.46. The summed E-state index contributed by atoms with van der Waals surface area (Å²) >= 11 is 5.80. The van der Waals surface area contributed by atoms with Crippen LogP contribution in [0.5, 0.6) is 0 Å². The van der Waals surface area contributed by atoms with Crippen LogP contribution in [0.1, 0.15) is 45.1 Å². The summed E-state index contributed by atoms with van der Waals surface area (Å²) < 4.78 is 0. The van der Waals surface area contributed by atoms with Gasteiger partial charge in [0.05, 0.1) is 0 Å². The first-order valence-corrected chi connectivity index (χ1v) is 8.68. The Morgan fingerprint density at radius 2 is 2.09 bits per heavy atom. The Morgan fingerprint density at radius 1 is 1.30 bits per heavy atom. The van der Waals surface area contributed by atoms with Crippen LogP contribution in [0.15, 0.2) is 23.3 Å². The summed E-state index contributed by atoms with van der Waals surface area (Å²) in [4.78, 5) is 8.88. The third-order valence-corrected chi connectivity index (χ3v) is 4.80. The molecule has 0 bridgehead atoms. The normalized spacial score (nSPS) is 16.2. The maximum Gasteiger partial charge on any atom is 0.191 e. The van der Waals surface area contributed by atoms with Crippen molar-refractivity contribution in [1.29, 1.82) is 0 Å². The summed E-state index contributed by atoms with van der Waals surface area (Å²) in [6.45, 7) is 7.03. The van der Waals surface area contributed by atoms with Gasteiger partial charge in [-0.05, 0) is 49.7 Å². The minimum absolute atomic E-state index is 0. The van der Waals surface area contributed by atoms with E-state index in [2.05, 4.69) is 29.5 Å². The van der Waals surface area contributed by atoms with Crippen molar-refractivity contribution in [1.82, 2.24) is 15.6 Å². The first-order chi connectivity index (χ1) is 10.7. The Balaban J connectivity index is 0.00000264. The predicted molar refractivity (Wildman–Crippen MR) is 109 cm³/mol. The van der Waals surface area contributed by atoms with E-state index in [1.165, 1.54) is 31.2 Å². The highest BCUT2D eigenvalue weighted by Crippen LogP contribution is 2.43. The highest BCUT2D eigenvalue weighted by atomic mass is 127. The van der Waals surface area contributed by atoms with Crippen molar-refractivity contribution in [2.24, 2.45) is 10.4 Å². The Bertz CT molecular complexity index is 480. The lowest BCUT2D eigenvalue weighted by molar-refractivity contribution is 0.139. The standard InChI is InChI=1S/C17H27ClN4.HI/c1-3-17(9-5-10-17)13-22-16(19-4-2)20-11-8-14-6-7-15(18)21-12-14;/h6-7,12H,3-5,8-11,13H2,1-2H3,(H2,19,20,22);1H. The molecule has 1 aliphatic rings. The smallest absolute Gasteiger partial charge is 0.191 e. The van der Waals surface area contributed by atoms with E-state index < -0.39 is 0 Å². The molecule has 1 saturated carbocycles. The third kappa shape index (κ3) is 6.45. The van der Waals surface area contributed by atoms with Gasteiger partial charge >= 0.3 is 0 Å². The van der Waals surface area contributed by atoms with Crippen LogP contribution < -0.4 is 10.6 Å². The molecule has 1 fully saturated rings. The minimum Gasteiger partial charge on any atom is -0.357 e. The molecule has 0 radical (unpaired) electrons. The number of hydrogen-bond donors (Lipinski definition) is 2.